The highest BCUT2D eigenvalue weighted by molar-refractivity contribution is 6.03. The van der Waals surface area contributed by atoms with Gasteiger partial charge in [-0.1, -0.05) is 48.0 Å². The maximum Gasteiger partial charge on any atom is 0.309 e. The first-order chi connectivity index (χ1) is 16.5. The summed E-state index contributed by atoms with van der Waals surface area (Å²) in [5.41, 5.74) is 4.05. The molecule has 2 aliphatic heterocycles. The highest BCUT2D eigenvalue weighted by atomic mass is 16.5. The maximum atomic E-state index is 13.5. The molecule has 4 rings (SSSR count). The number of carbonyl (C=O) groups excluding carboxylic acids is 2. The molecular formula is C27H33N3O4. The summed E-state index contributed by atoms with van der Waals surface area (Å²) in [6, 6.07) is 15.8. The fourth-order valence-corrected chi connectivity index (χ4v) is 4.70. The van der Waals surface area contributed by atoms with Crippen LogP contribution in [0.5, 0.6) is 5.75 Å². The summed E-state index contributed by atoms with van der Waals surface area (Å²) in [5.74, 6) is 0.496. The van der Waals surface area contributed by atoms with Crippen LogP contribution in [0.2, 0.25) is 0 Å². The summed E-state index contributed by atoms with van der Waals surface area (Å²) in [6.07, 6.45) is 2.04. The Bertz CT molecular complexity index is 1040. The molecule has 2 aromatic rings. The number of rotatable bonds is 7. The Kier molecular flexibility index (Phi) is 7.63. The van der Waals surface area contributed by atoms with Crippen LogP contribution in [-0.2, 0) is 14.3 Å². The number of esters is 1. The van der Waals surface area contributed by atoms with Crippen molar-refractivity contribution in [3.63, 3.8) is 0 Å². The molecule has 0 aliphatic carbocycles. The number of ether oxygens (including phenoxy) is 2. The second kappa shape index (κ2) is 10.8. The molecule has 180 valence electrons. The predicted molar refractivity (Wildman–Crippen MR) is 131 cm³/mol. The molecule has 2 aromatic carbocycles. The number of para-hydroxylation sites is 1. The van der Waals surface area contributed by atoms with Crippen molar-refractivity contribution in [3.8, 4) is 5.75 Å². The largest absolute Gasteiger partial charge is 0.496 e. The third-order valence-electron chi connectivity index (χ3n) is 6.61. The Hall–Kier alpha value is -3.19. The van der Waals surface area contributed by atoms with Crippen molar-refractivity contribution < 1.29 is 19.1 Å². The van der Waals surface area contributed by atoms with E-state index < -0.39 is 0 Å². The maximum absolute atomic E-state index is 13.5. The van der Waals surface area contributed by atoms with E-state index >= 15 is 0 Å². The normalized spacial score (nSPS) is 19.1. The van der Waals surface area contributed by atoms with E-state index in [9.17, 15) is 9.59 Å². The Morgan fingerprint density at radius 2 is 1.76 bits per heavy atom. The summed E-state index contributed by atoms with van der Waals surface area (Å²) in [7, 11) is 1.65. The summed E-state index contributed by atoms with van der Waals surface area (Å²) < 4.78 is 10.8. The van der Waals surface area contributed by atoms with Crippen molar-refractivity contribution in [1.29, 1.82) is 0 Å². The van der Waals surface area contributed by atoms with Crippen LogP contribution in [0.3, 0.4) is 0 Å². The highest BCUT2D eigenvalue weighted by Crippen LogP contribution is 2.37. The zero-order valence-corrected chi connectivity index (χ0v) is 20.2. The van der Waals surface area contributed by atoms with Crippen LogP contribution in [0.1, 0.15) is 48.9 Å². The second-order valence-corrected chi connectivity index (χ2v) is 8.92. The van der Waals surface area contributed by atoms with Crippen molar-refractivity contribution in [2.75, 3.05) is 33.4 Å². The molecule has 0 saturated carbocycles. The van der Waals surface area contributed by atoms with Gasteiger partial charge in [-0.3, -0.25) is 14.5 Å². The molecule has 0 N–H and O–H groups in total. The van der Waals surface area contributed by atoms with Gasteiger partial charge in [-0.15, -0.1) is 0 Å². The van der Waals surface area contributed by atoms with Crippen molar-refractivity contribution in [3.05, 3.63) is 65.2 Å². The summed E-state index contributed by atoms with van der Waals surface area (Å²) in [6.45, 7) is 5.93. The van der Waals surface area contributed by atoms with Gasteiger partial charge in [0.15, 0.2) is 0 Å². The van der Waals surface area contributed by atoms with Gasteiger partial charge in [0.05, 0.1) is 37.9 Å². The lowest BCUT2D eigenvalue weighted by Crippen LogP contribution is -2.43. The van der Waals surface area contributed by atoms with Crippen LogP contribution in [0.4, 0.5) is 0 Å². The number of methoxy groups -OCH3 is 1. The Balaban J connectivity index is 1.51. The van der Waals surface area contributed by atoms with E-state index in [4.69, 9.17) is 14.6 Å². The SMILES string of the molecule is CCOC(=O)C1CCN(CC(=O)N2N=C(c3ccc(C)cc3)CC2c2ccccc2OC)CC1. The van der Waals surface area contributed by atoms with Gasteiger partial charge in [-0.25, -0.2) is 5.01 Å². The van der Waals surface area contributed by atoms with E-state index in [0.29, 0.717) is 39.0 Å². The Morgan fingerprint density at radius 1 is 1.06 bits per heavy atom. The van der Waals surface area contributed by atoms with Crippen LogP contribution in [0.25, 0.3) is 0 Å². The Morgan fingerprint density at radius 3 is 2.44 bits per heavy atom. The highest BCUT2D eigenvalue weighted by Gasteiger charge is 2.36. The van der Waals surface area contributed by atoms with Crippen molar-refractivity contribution in [1.82, 2.24) is 9.91 Å². The Labute approximate surface area is 201 Å². The molecule has 1 unspecified atom stereocenters. The molecule has 0 radical (unpaired) electrons. The molecule has 7 heteroatoms. The van der Waals surface area contributed by atoms with Gasteiger partial charge < -0.3 is 9.47 Å². The number of likely N-dealkylation sites (tertiary alicyclic amines) is 1. The number of carbonyl (C=O) groups is 2. The predicted octanol–water partition coefficient (Wildman–Crippen LogP) is 3.96. The van der Waals surface area contributed by atoms with Crippen molar-refractivity contribution >= 4 is 17.6 Å². The van der Waals surface area contributed by atoms with Gasteiger partial charge >= 0.3 is 5.97 Å². The lowest BCUT2D eigenvalue weighted by atomic mass is 9.96. The van der Waals surface area contributed by atoms with E-state index in [1.165, 1.54) is 5.56 Å². The van der Waals surface area contributed by atoms with E-state index in [1.807, 2.05) is 31.2 Å². The number of aryl methyl sites for hydroxylation is 1. The lowest BCUT2D eigenvalue weighted by molar-refractivity contribution is -0.149. The number of hydrazone groups is 1. The molecule has 1 atom stereocenters. The number of nitrogens with zero attached hydrogens (tertiary/aromatic N) is 3. The van der Waals surface area contributed by atoms with Crippen LogP contribution >= 0.6 is 0 Å². The third kappa shape index (κ3) is 5.30. The van der Waals surface area contributed by atoms with Crippen molar-refractivity contribution in [2.45, 2.75) is 39.2 Å². The van der Waals surface area contributed by atoms with Crippen molar-refractivity contribution in [2.24, 2.45) is 11.0 Å². The van der Waals surface area contributed by atoms with E-state index in [0.717, 1.165) is 22.6 Å². The first-order valence-corrected chi connectivity index (χ1v) is 12.0. The van der Waals surface area contributed by atoms with Crippen LogP contribution in [-0.4, -0.2) is 60.8 Å². The molecule has 34 heavy (non-hydrogen) atoms. The second-order valence-electron chi connectivity index (χ2n) is 8.92. The average molecular weight is 464 g/mol. The van der Waals surface area contributed by atoms with Gasteiger partial charge in [0.1, 0.15) is 5.75 Å². The smallest absolute Gasteiger partial charge is 0.309 e. The molecule has 0 aromatic heterocycles. The average Bonchev–Trinajstić information content (AvgIpc) is 3.30. The molecule has 7 nitrogen and oxygen atoms in total. The monoisotopic (exact) mass is 463 g/mol. The summed E-state index contributed by atoms with van der Waals surface area (Å²) in [5, 5.41) is 6.43. The van der Waals surface area contributed by atoms with Crippen LogP contribution < -0.4 is 4.74 Å². The van der Waals surface area contributed by atoms with Gasteiger partial charge in [-0.2, -0.15) is 5.10 Å². The first-order valence-electron chi connectivity index (χ1n) is 12.0. The van der Waals surface area contributed by atoms with E-state index in [2.05, 4.69) is 36.1 Å². The van der Waals surface area contributed by atoms with Gasteiger partial charge in [0, 0.05) is 12.0 Å². The van der Waals surface area contributed by atoms with E-state index in [-0.39, 0.29) is 30.4 Å². The number of benzene rings is 2. The first kappa shape index (κ1) is 24.0. The molecular weight excluding hydrogens is 430 g/mol. The number of hydrogen-bond donors (Lipinski definition) is 0. The molecule has 1 saturated heterocycles. The standard InChI is InChI=1S/C27H33N3O4/c1-4-34-27(32)21-13-15-29(16-14-21)18-26(31)30-24(22-7-5-6-8-25(22)33-3)17-23(28-30)20-11-9-19(2)10-12-20/h5-12,21,24H,4,13-18H2,1-3H3. The fourth-order valence-electron chi connectivity index (χ4n) is 4.70. The molecule has 2 heterocycles. The minimum atomic E-state index is -0.225. The zero-order chi connectivity index (χ0) is 24.1. The minimum Gasteiger partial charge on any atom is -0.496 e. The molecule has 2 aliphatic rings. The van der Waals surface area contributed by atoms with Crippen LogP contribution in [0.15, 0.2) is 53.6 Å². The van der Waals surface area contributed by atoms with E-state index in [1.54, 1.807) is 12.1 Å². The number of hydrogen-bond acceptors (Lipinski definition) is 6. The molecule has 1 fully saturated rings. The fraction of sp³-hybridized carbons (Fsp3) is 0.444. The lowest BCUT2D eigenvalue weighted by Gasteiger charge is -2.32. The number of piperidine rings is 1. The number of amides is 1. The summed E-state index contributed by atoms with van der Waals surface area (Å²) in [4.78, 5) is 27.6. The molecule has 0 bridgehead atoms. The third-order valence-corrected chi connectivity index (χ3v) is 6.61. The van der Waals surface area contributed by atoms with Gasteiger partial charge in [-0.05, 0) is 51.4 Å². The molecule has 1 amide bonds. The molecule has 0 spiro atoms. The summed E-state index contributed by atoms with van der Waals surface area (Å²) >= 11 is 0. The van der Waals surface area contributed by atoms with Crippen LogP contribution in [0, 0.1) is 12.8 Å². The zero-order valence-electron chi connectivity index (χ0n) is 20.2. The van der Waals surface area contributed by atoms with Gasteiger partial charge in [0.2, 0.25) is 0 Å². The topological polar surface area (TPSA) is 71.4 Å². The minimum absolute atomic E-state index is 0.0485. The quantitative estimate of drug-likeness (QED) is 0.582. The van der Waals surface area contributed by atoms with Gasteiger partial charge in [0.25, 0.3) is 5.91 Å².